The summed E-state index contributed by atoms with van der Waals surface area (Å²) in [6.07, 6.45) is -4.51. The van der Waals surface area contributed by atoms with Gasteiger partial charge in [0.1, 0.15) is 11.5 Å². The third-order valence-electron chi connectivity index (χ3n) is 3.10. The van der Waals surface area contributed by atoms with E-state index < -0.39 is 23.7 Å². The van der Waals surface area contributed by atoms with Crippen LogP contribution in [0.3, 0.4) is 0 Å². The molecule has 118 valence electrons. The third kappa shape index (κ3) is 2.87. The summed E-state index contributed by atoms with van der Waals surface area (Å²) in [4.78, 5) is 22.8. The molecule has 0 fully saturated rings. The van der Waals surface area contributed by atoms with Crippen LogP contribution in [-0.4, -0.2) is 11.9 Å². The molecule has 1 aliphatic heterocycles. The van der Waals surface area contributed by atoms with Crippen molar-refractivity contribution in [3.05, 3.63) is 58.1 Å². The van der Waals surface area contributed by atoms with Gasteiger partial charge in [-0.3, -0.25) is 0 Å². The lowest BCUT2D eigenvalue weighted by molar-refractivity contribution is -0.137. The first-order valence-electron chi connectivity index (χ1n) is 6.21. The van der Waals surface area contributed by atoms with Crippen LogP contribution in [0.15, 0.2) is 36.4 Å². The maximum absolute atomic E-state index is 12.6. The number of carbonyl (C=O) groups is 2. The first kappa shape index (κ1) is 15.4. The molecule has 3 rings (SSSR count). The number of hydrogen-bond donors (Lipinski definition) is 0. The molecule has 0 radical (unpaired) electrons. The zero-order valence-corrected chi connectivity index (χ0v) is 11.9. The van der Waals surface area contributed by atoms with Crippen molar-refractivity contribution < 1.29 is 32.2 Å². The molecule has 1 aliphatic rings. The molecule has 0 atom stereocenters. The maximum Gasteiger partial charge on any atom is 0.416 e. The average Bonchev–Trinajstić information content (AvgIpc) is 2.75. The van der Waals surface area contributed by atoms with Gasteiger partial charge in [-0.15, -0.1) is 0 Å². The van der Waals surface area contributed by atoms with Crippen molar-refractivity contribution in [2.75, 3.05) is 0 Å². The summed E-state index contributed by atoms with van der Waals surface area (Å²) in [6, 6.07) is 6.61. The second-order valence-electron chi connectivity index (χ2n) is 4.63. The van der Waals surface area contributed by atoms with Gasteiger partial charge in [-0.05, 0) is 36.4 Å². The number of carbonyl (C=O) groups excluding carboxylic acids is 2. The lowest BCUT2D eigenvalue weighted by Gasteiger charge is -2.11. The second-order valence-corrected chi connectivity index (χ2v) is 5.04. The van der Waals surface area contributed by atoms with E-state index in [1.54, 1.807) is 0 Å². The predicted octanol–water partition coefficient (Wildman–Crippen LogP) is 4.46. The minimum absolute atomic E-state index is 0.0164. The molecule has 23 heavy (non-hydrogen) atoms. The number of ether oxygens (including phenoxy) is 2. The first-order valence-corrected chi connectivity index (χ1v) is 6.58. The van der Waals surface area contributed by atoms with Crippen molar-refractivity contribution in [3.8, 4) is 11.5 Å². The fraction of sp³-hybridized carbons (Fsp3) is 0.0667. The van der Waals surface area contributed by atoms with Gasteiger partial charge in [0.2, 0.25) is 0 Å². The van der Waals surface area contributed by atoms with Crippen LogP contribution >= 0.6 is 11.6 Å². The Kier molecular flexibility index (Phi) is 3.52. The Balaban J connectivity index is 1.90. The molecule has 1 heterocycles. The van der Waals surface area contributed by atoms with Gasteiger partial charge in [0.05, 0.1) is 21.7 Å². The van der Waals surface area contributed by atoms with Crippen LogP contribution in [0, 0.1) is 0 Å². The van der Waals surface area contributed by atoms with Crippen LogP contribution in [0.25, 0.3) is 0 Å². The van der Waals surface area contributed by atoms with Gasteiger partial charge in [0.15, 0.2) is 0 Å². The molecule has 0 saturated heterocycles. The molecular formula is C15H6ClF3O4. The average molecular weight is 343 g/mol. The van der Waals surface area contributed by atoms with Gasteiger partial charge >= 0.3 is 18.1 Å². The summed E-state index contributed by atoms with van der Waals surface area (Å²) < 4.78 is 47.5. The molecule has 0 spiro atoms. The van der Waals surface area contributed by atoms with Crippen LogP contribution in [0.4, 0.5) is 13.2 Å². The van der Waals surface area contributed by atoms with Gasteiger partial charge in [-0.2, -0.15) is 13.2 Å². The summed E-state index contributed by atoms with van der Waals surface area (Å²) in [5, 5.41) is -0.237. The van der Waals surface area contributed by atoms with E-state index >= 15 is 0 Å². The number of fused-ring (bicyclic) bond motifs is 1. The van der Waals surface area contributed by atoms with Gasteiger partial charge in [-0.25, -0.2) is 9.59 Å². The van der Waals surface area contributed by atoms with Crippen molar-refractivity contribution >= 4 is 23.5 Å². The van der Waals surface area contributed by atoms with Gasteiger partial charge in [-0.1, -0.05) is 11.6 Å². The van der Waals surface area contributed by atoms with Crippen LogP contribution in [0.1, 0.15) is 26.3 Å². The summed E-state index contributed by atoms with van der Waals surface area (Å²) in [5.41, 5.74) is -0.783. The normalized spacial score (nSPS) is 13.7. The standard InChI is InChI=1S/C15H6ClF3O4/c16-11-5-7(15(17,18)19)1-4-12(11)22-8-2-3-9-10(6-8)14(21)23-13(9)20/h1-6H. The Hall–Kier alpha value is -2.54. The van der Waals surface area contributed by atoms with Gasteiger partial charge in [0.25, 0.3) is 0 Å². The minimum atomic E-state index is -4.51. The van der Waals surface area contributed by atoms with Crippen LogP contribution in [-0.2, 0) is 10.9 Å². The van der Waals surface area contributed by atoms with Crippen molar-refractivity contribution in [2.24, 2.45) is 0 Å². The van der Waals surface area contributed by atoms with Crippen LogP contribution in [0.5, 0.6) is 11.5 Å². The minimum Gasteiger partial charge on any atom is -0.456 e. The van der Waals surface area contributed by atoms with Crippen molar-refractivity contribution in [1.82, 2.24) is 0 Å². The predicted molar refractivity (Wildman–Crippen MR) is 72.7 cm³/mol. The smallest absolute Gasteiger partial charge is 0.416 e. The lowest BCUT2D eigenvalue weighted by atomic mass is 10.1. The van der Waals surface area contributed by atoms with E-state index in [9.17, 15) is 22.8 Å². The zero-order valence-electron chi connectivity index (χ0n) is 11.1. The zero-order chi connectivity index (χ0) is 16.8. The molecule has 2 aromatic rings. The summed E-state index contributed by atoms with van der Waals surface area (Å²) in [5.74, 6) is -1.45. The van der Waals surface area contributed by atoms with Crippen LogP contribution < -0.4 is 4.74 Å². The van der Waals surface area contributed by atoms with Crippen molar-refractivity contribution in [1.29, 1.82) is 0 Å². The highest BCUT2D eigenvalue weighted by Crippen LogP contribution is 2.37. The van der Waals surface area contributed by atoms with Gasteiger partial charge < -0.3 is 9.47 Å². The SMILES string of the molecule is O=C1OC(=O)c2cc(Oc3ccc(C(F)(F)F)cc3Cl)ccc21. The fourth-order valence-corrected chi connectivity index (χ4v) is 2.23. The summed E-state index contributed by atoms with van der Waals surface area (Å²) in [7, 11) is 0. The van der Waals surface area contributed by atoms with E-state index in [1.807, 2.05) is 0 Å². The number of cyclic esters (lactones) is 2. The third-order valence-corrected chi connectivity index (χ3v) is 3.40. The highest BCUT2D eigenvalue weighted by atomic mass is 35.5. The number of rotatable bonds is 2. The highest BCUT2D eigenvalue weighted by molar-refractivity contribution is 6.32. The number of alkyl halides is 3. The van der Waals surface area contributed by atoms with Crippen molar-refractivity contribution in [3.63, 3.8) is 0 Å². The van der Waals surface area contributed by atoms with E-state index in [0.29, 0.717) is 0 Å². The second kappa shape index (κ2) is 5.27. The molecule has 4 nitrogen and oxygen atoms in total. The number of hydrogen-bond acceptors (Lipinski definition) is 4. The highest BCUT2D eigenvalue weighted by Gasteiger charge is 2.32. The summed E-state index contributed by atoms with van der Waals surface area (Å²) >= 11 is 5.78. The largest absolute Gasteiger partial charge is 0.456 e. The molecule has 0 amide bonds. The molecule has 8 heteroatoms. The number of esters is 2. The van der Waals surface area contributed by atoms with E-state index in [0.717, 1.165) is 18.2 Å². The Morgan fingerprint density at radius 3 is 2.30 bits per heavy atom. The molecule has 0 N–H and O–H groups in total. The first-order chi connectivity index (χ1) is 10.8. The Morgan fingerprint density at radius 2 is 1.65 bits per heavy atom. The molecule has 0 unspecified atom stereocenters. The monoisotopic (exact) mass is 342 g/mol. The fourth-order valence-electron chi connectivity index (χ4n) is 2.01. The lowest BCUT2D eigenvalue weighted by Crippen LogP contribution is -2.04. The molecule has 2 aromatic carbocycles. The van der Waals surface area contributed by atoms with E-state index in [1.165, 1.54) is 18.2 Å². The maximum atomic E-state index is 12.6. The quantitative estimate of drug-likeness (QED) is 0.597. The number of benzene rings is 2. The molecule has 0 aliphatic carbocycles. The Bertz CT molecular complexity index is 830. The molecule has 0 bridgehead atoms. The van der Waals surface area contributed by atoms with Crippen molar-refractivity contribution in [2.45, 2.75) is 6.18 Å². The Morgan fingerprint density at radius 1 is 0.957 bits per heavy atom. The van der Waals surface area contributed by atoms with Gasteiger partial charge in [0, 0.05) is 0 Å². The molecular weight excluding hydrogens is 337 g/mol. The Labute approximate surface area is 132 Å². The molecule has 0 aromatic heterocycles. The van der Waals surface area contributed by atoms with Crippen LogP contribution in [0.2, 0.25) is 5.02 Å². The van der Waals surface area contributed by atoms with E-state index in [-0.39, 0.29) is 27.6 Å². The van der Waals surface area contributed by atoms with E-state index in [4.69, 9.17) is 16.3 Å². The van der Waals surface area contributed by atoms with E-state index in [2.05, 4.69) is 4.74 Å². The topological polar surface area (TPSA) is 52.6 Å². The number of halogens is 4. The molecule has 0 saturated carbocycles. The summed E-state index contributed by atoms with van der Waals surface area (Å²) in [6.45, 7) is 0.